The van der Waals surface area contributed by atoms with E-state index in [1.54, 1.807) is 0 Å². The van der Waals surface area contributed by atoms with E-state index in [0.717, 1.165) is 18.4 Å². The number of hydrogen-bond acceptors (Lipinski definition) is 2. The Hall–Kier alpha value is -1.71. The van der Waals surface area contributed by atoms with E-state index < -0.39 is 0 Å². The van der Waals surface area contributed by atoms with Crippen molar-refractivity contribution in [3.8, 4) is 0 Å². The lowest BCUT2D eigenvalue weighted by molar-refractivity contribution is -0.114. The average Bonchev–Trinajstić information content (AvgIpc) is 2.33. The second kappa shape index (κ2) is 5.51. The number of nitrogens with one attached hydrogen (secondary N) is 1. The monoisotopic (exact) mass is 263 g/mol. The first-order valence-corrected chi connectivity index (χ1v) is 6.69. The maximum atomic E-state index is 14.1. The van der Waals surface area contributed by atoms with Crippen LogP contribution in [0.15, 0.2) is 6.07 Å². The lowest BCUT2D eigenvalue weighted by atomic mass is 9.84. The minimum Gasteiger partial charge on any atom is -0.326 e. The molecule has 1 aliphatic rings. The number of rotatable bonds is 3. The number of carbonyl (C=O) groups is 2. The van der Waals surface area contributed by atoms with Gasteiger partial charge in [0.15, 0.2) is 5.78 Å². The van der Waals surface area contributed by atoms with Gasteiger partial charge >= 0.3 is 0 Å². The summed E-state index contributed by atoms with van der Waals surface area (Å²) in [6, 6.07) is 1.29. The molecule has 0 heterocycles. The quantitative estimate of drug-likeness (QED) is 0.909. The van der Waals surface area contributed by atoms with Crippen molar-refractivity contribution in [2.45, 2.75) is 46.0 Å². The lowest BCUT2D eigenvalue weighted by Gasteiger charge is -2.22. The van der Waals surface area contributed by atoms with Crippen molar-refractivity contribution in [1.29, 1.82) is 0 Å². The van der Waals surface area contributed by atoms with Gasteiger partial charge in [-0.3, -0.25) is 9.59 Å². The Kier molecular flexibility index (Phi) is 3.98. The first kappa shape index (κ1) is 13.7. The zero-order valence-electron chi connectivity index (χ0n) is 11.3. The normalized spacial score (nSPS) is 14.2. The van der Waals surface area contributed by atoms with Crippen LogP contribution in [0.25, 0.3) is 0 Å². The molecule has 1 aromatic carbocycles. The molecule has 0 aromatic heterocycles. The number of ketones is 1. The first-order valence-electron chi connectivity index (χ1n) is 6.69. The maximum absolute atomic E-state index is 14.1. The number of carbonyl (C=O) groups excluding carboxylic acids is 2. The second-order valence-corrected chi connectivity index (χ2v) is 4.95. The summed E-state index contributed by atoms with van der Waals surface area (Å²) >= 11 is 0. The van der Waals surface area contributed by atoms with E-state index in [9.17, 15) is 14.0 Å². The van der Waals surface area contributed by atoms with Crippen LogP contribution in [-0.4, -0.2) is 11.7 Å². The van der Waals surface area contributed by atoms with Crippen LogP contribution in [-0.2, 0) is 17.6 Å². The summed E-state index contributed by atoms with van der Waals surface area (Å²) in [6.07, 6.45) is 3.39. The summed E-state index contributed by atoms with van der Waals surface area (Å²) in [7, 11) is 0. The molecule has 2 rings (SSSR count). The van der Waals surface area contributed by atoms with E-state index in [-0.39, 0.29) is 17.5 Å². The number of halogens is 1. The Balaban J connectivity index is 2.61. The fraction of sp³-hybridized carbons (Fsp3) is 0.467. The van der Waals surface area contributed by atoms with Crippen LogP contribution >= 0.6 is 0 Å². The van der Waals surface area contributed by atoms with Gasteiger partial charge in [0.05, 0.1) is 5.69 Å². The summed E-state index contributed by atoms with van der Waals surface area (Å²) in [5, 5.41) is 2.57. The molecule has 3 nitrogen and oxygen atoms in total. The lowest BCUT2D eigenvalue weighted by Crippen LogP contribution is -2.19. The van der Waals surface area contributed by atoms with Crippen LogP contribution < -0.4 is 5.32 Å². The first-order chi connectivity index (χ1) is 9.04. The Morgan fingerprint density at radius 1 is 1.42 bits per heavy atom. The molecule has 4 heteroatoms. The molecule has 1 N–H and O–H groups in total. The third-order valence-electron chi connectivity index (χ3n) is 3.41. The molecule has 19 heavy (non-hydrogen) atoms. The molecule has 0 atom stereocenters. The predicted molar refractivity (Wildman–Crippen MR) is 72.0 cm³/mol. The smallest absolute Gasteiger partial charge is 0.221 e. The standard InChI is InChI=1S/C15H18FNO2/c1-3-5-10-11-6-4-7-14(19)15(11)13(8-12(10)16)17-9(2)18/h8H,3-7H2,1-2H3,(H,17,18). The van der Waals surface area contributed by atoms with Gasteiger partial charge in [-0.1, -0.05) is 13.3 Å². The number of benzene rings is 1. The fourth-order valence-corrected chi connectivity index (χ4v) is 2.70. The van der Waals surface area contributed by atoms with Crippen LogP contribution in [0.2, 0.25) is 0 Å². The number of anilines is 1. The van der Waals surface area contributed by atoms with E-state index in [1.807, 2.05) is 6.92 Å². The molecule has 0 unspecified atom stereocenters. The molecule has 102 valence electrons. The SMILES string of the molecule is CCCc1c(F)cc(NC(C)=O)c2c1CCCC2=O. The van der Waals surface area contributed by atoms with Crippen molar-refractivity contribution in [3.63, 3.8) is 0 Å². The van der Waals surface area contributed by atoms with E-state index >= 15 is 0 Å². The third-order valence-corrected chi connectivity index (χ3v) is 3.41. The molecule has 0 saturated heterocycles. The molecule has 1 aromatic rings. The van der Waals surface area contributed by atoms with Crippen LogP contribution in [0.3, 0.4) is 0 Å². The molecular formula is C15H18FNO2. The summed E-state index contributed by atoms with van der Waals surface area (Å²) in [5.41, 5.74) is 2.28. The average molecular weight is 263 g/mol. The van der Waals surface area contributed by atoms with E-state index in [0.29, 0.717) is 36.1 Å². The summed E-state index contributed by atoms with van der Waals surface area (Å²) < 4.78 is 14.1. The van der Waals surface area contributed by atoms with Gasteiger partial charge in [0.2, 0.25) is 5.91 Å². The maximum Gasteiger partial charge on any atom is 0.221 e. The number of fused-ring (bicyclic) bond motifs is 1. The van der Waals surface area contributed by atoms with Crippen LogP contribution in [0, 0.1) is 5.82 Å². The van der Waals surface area contributed by atoms with Crippen molar-refractivity contribution in [1.82, 2.24) is 0 Å². The summed E-state index contributed by atoms with van der Waals surface area (Å²) in [4.78, 5) is 23.3. The van der Waals surface area contributed by atoms with E-state index in [4.69, 9.17) is 0 Å². The van der Waals surface area contributed by atoms with Crippen LogP contribution in [0.4, 0.5) is 10.1 Å². The van der Waals surface area contributed by atoms with Crippen molar-refractivity contribution < 1.29 is 14.0 Å². The number of hydrogen-bond donors (Lipinski definition) is 1. The highest BCUT2D eigenvalue weighted by Gasteiger charge is 2.26. The molecule has 1 aliphatic carbocycles. The second-order valence-electron chi connectivity index (χ2n) is 4.95. The Morgan fingerprint density at radius 2 is 2.16 bits per heavy atom. The van der Waals surface area contributed by atoms with Gasteiger partial charge in [0.25, 0.3) is 0 Å². The minimum atomic E-state index is -0.320. The fourth-order valence-electron chi connectivity index (χ4n) is 2.70. The van der Waals surface area contributed by atoms with Gasteiger partial charge in [-0.15, -0.1) is 0 Å². The molecule has 1 amide bonds. The summed E-state index contributed by atoms with van der Waals surface area (Å²) in [5.74, 6) is -0.607. The van der Waals surface area contributed by atoms with E-state index in [1.165, 1.54) is 13.0 Å². The number of amides is 1. The van der Waals surface area contributed by atoms with Gasteiger partial charge in [0, 0.05) is 18.9 Å². The largest absolute Gasteiger partial charge is 0.326 e. The highest BCUT2D eigenvalue weighted by Crippen LogP contribution is 2.33. The zero-order chi connectivity index (χ0) is 14.0. The van der Waals surface area contributed by atoms with Gasteiger partial charge < -0.3 is 5.32 Å². The molecular weight excluding hydrogens is 245 g/mol. The Labute approximate surface area is 112 Å². The predicted octanol–water partition coefficient (Wildman–Crippen LogP) is 3.26. The molecule has 0 fully saturated rings. The van der Waals surface area contributed by atoms with Crippen molar-refractivity contribution >= 4 is 17.4 Å². The molecule has 0 aliphatic heterocycles. The van der Waals surface area contributed by atoms with Crippen molar-refractivity contribution in [3.05, 3.63) is 28.6 Å². The Morgan fingerprint density at radius 3 is 2.79 bits per heavy atom. The van der Waals surface area contributed by atoms with Crippen molar-refractivity contribution in [2.75, 3.05) is 5.32 Å². The van der Waals surface area contributed by atoms with Crippen LogP contribution in [0.1, 0.15) is 54.6 Å². The number of Topliss-reactive ketones (excluding diaryl/α,β-unsaturated/α-hetero) is 1. The van der Waals surface area contributed by atoms with Gasteiger partial charge in [-0.25, -0.2) is 4.39 Å². The highest BCUT2D eigenvalue weighted by molar-refractivity contribution is 6.06. The molecule has 0 spiro atoms. The molecule has 0 radical (unpaired) electrons. The zero-order valence-corrected chi connectivity index (χ0v) is 11.3. The third kappa shape index (κ3) is 2.67. The van der Waals surface area contributed by atoms with Gasteiger partial charge in [-0.05, 0) is 36.5 Å². The highest BCUT2D eigenvalue weighted by atomic mass is 19.1. The molecule has 0 bridgehead atoms. The van der Waals surface area contributed by atoms with Crippen molar-refractivity contribution in [2.24, 2.45) is 0 Å². The topological polar surface area (TPSA) is 46.2 Å². The minimum absolute atomic E-state index is 0.00218. The van der Waals surface area contributed by atoms with Gasteiger partial charge in [0.1, 0.15) is 5.82 Å². The van der Waals surface area contributed by atoms with Crippen LogP contribution in [0.5, 0.6) is 0 Å². The van der Waals surface area contributed by atoms with E-state index in [2.05, 4.69) is 5.32 Å². The Bertz CT molecular complexity index is 537. The summed E-state index contributed by atoms with van der Waals surface area (Å²) in [6.45, 7) is 3.34. The molecule has 0 saturated carbocycles. The van der Waals surface area contributed by atoms with Gasteiger partial charge in [-0.2, -0.15) is 0 Å².